The standard InChI is InChI=1S/C18H22N4O3/c1-2-21-8-10-22(11-9-21)18(24)16-7-3-6-15(20-16)17(23)19-13-14-5-4-12-25-14/h3-7,12H,2,8-11,13H2,1H3,(H,19,23). The number of piperazine rings is 1. The number of nitrogens with zero attached hydrogens (tertiary/aromatic N) is 3. The number of amides is 2. The molecule has 7 heteroatoms. The van der Waals surface area contributed by atoms with Crippen LogP contribution in [-0.2, 0) is 6.54 Å². The Kier molecular flexibility index (Phi) is 5.45. The zero-order valence-corrected chi connectivity index (χ0v) is 14.3. The highest BCUT2D eigenvalue weighted by atomic mass is 16.3. The number of aromatic nitrogens is 1. The molecule has 1 N–H and O–H groups in total. The first-order chi connectivity index (χ1) is 12.2. The zero-order valence-electron chi connectivity index (χ0n) is 14.3. The monoisotopic (exact) mass is 342 g/mol. The first kappa shape index (κ1) is 17.2. The second-order valence-corrected chi connectivity index (χ2v) is 5.90. The number of pyridine rings is 1. The third kappa shape index (κ3) is 4.24. The van der Waals surface area contributed by atoms with Crippen molar-refractivity contribution in [2.45, 2.75) is 13.5 Å². The van der Waals surface area contributed by atoms with Crippen molar-refractivity contribution in [1.82, 2.24) is 20.1 Å². The molecule has 3 rings (SSSR count). The van der Waals surface area contributed by atoms with Crippen molar-refractivity contribution in [3.05, 3.63) is 53.7 Å². The second kappa shape index (κ2) is 7.94. The van der Waals surface area contributed by atoms with E-state index in [1.54, 1.807) is 41.5 Å². The SMILES string of the molecule is CCN1CCN(C(=O)c2cccc(C(=O)NCc3ccco3)n2)CC1. The summed E-state index contributed by atoms with van der Waals surface area (Å²) in [5.74, 6) is 0.202. The number of carbonyl (C=O) groups is 2. The molecule has 25 heavy (non-hydrogen) atoms. The number of rotatable bonds is 5. The molecule has 1 aliphatic rings. The smallest absolute Gasteiger partial charge is 0.272 e. The molecule has 0 atom stereocenters. The van der Waals surface area contributed by atoms with E-state index in [4.69, 9.17) is 4.42 Å². The lowest BCUT2D eigenvalue weighted by molar-refractivity contribution is 0.0637. The Morgan fingerprint density at radius 3 is 2.56 bits per heavy atom. The number of nitrogens with one attached hydrogen (secondary N) is 1. The summed E-state index contributed by atoms with van der Waals surface area (Å²) in [6.07, 6.45) is 1.55. The van der Waals surface area contributed by atoms with Crippen LogP contribution in [0.3, 0.4) is 0 Å². The van der Waals surface area contributed by atoms with Crippen LogP contribution in [0.25, 0.3) is 0 Å². The van der Waals surface area contributed by atoms with Crippen LogP contribution in [-0.4, -0.2) is 59.3 Å². The summed E-state index contributed by atoms with van der Waals surface area (Å²) in [5, 5.41) is 2.73. The molecule has 0 saturated carbocycles. The lowest BCUT2D eigenvalue weighted by Crippen LogP contribution is -2.48. The van der Waals surface area contributed by atoms with Gasteiger partial charge in [0.1, 0.15) is 17.1 Å². The van der Waals surface area contributed by atoms with Crippen molar-refractivity contribution in [3.63, 3.8) is 0 Å². The summed E-state index contributed by atoms with van der Waals surface area (Å²) in [4.78, 5) is 33.2. The fraction of sp³-hybridized carbons (Fsp3) is 0.389. The van der Waals surface area contributed by atoms with Crippen molar-refractivity contribution in [3.8, 4) is 0 Å². The van der Waals surface area contributed by atoms with Gasteiger partial charge >= 0.3 is 0 Å². The summed E-state index contributed by atoms with van der Waals surface area (Å²) in [6, 6.07) is 8.48. The van der Waals surface area contributed by atoms with Gasteiger partial charge in [0.2, 0.25) is 0 Å². The molecule has 3 heterocycles. The molecular weight excluding hydrogens is 320 g/mol. The van der Waals surface area contributed by atoms with Crippen molar-refractivity contribution >= 4 is 11.8 Å². The van der Waals surface area contributed by atoms with Crippen LogP contribution in [0.4, 0.5) is 0 Å². The Balaban J connectivity index is 1.62. The van der Waals surface area contributed by atoms with E-state index in [1.807, 2.05) is 0 Å². The summed E-state index contributed by atoms with van der Waals surface area (Å²) in [7, 11) is 0. The summed E-state index contributed by atoms with van der Waals surface area (Å²) in [5.41, 5.74) is 0.528. The van der Waals surface area contributed by atoms with Gasteiger partial charge in [0.25, 0.3) is 11.8 Å². The van der Waals surface area contributed by atoms with E-state index < -0.39 is 0 Å². The highest BCUT2D eigenvalue weighted by Crippen LogP contribution is 2.08. The van der Waals surface area contributed by atoms with Crippen LogP contribution in [0, 0.1) is 0 Å². The minimum absolute atomic E-state index is 0.128. The second-order valence-electron chi connectivity index (χ2n) is 5.90. The molecule has 7 nitrogen and oxygen atoms in total. The fourth-order valence-corrected chi connectivity index (χ4v) is 2.78. The zero-order chi connectivity index (χ0) is 17.6. The van der Waals surface area contributed by atoms with Gasteiger partial charge in [-0.15, -0.1) is 0 Å². The van der Waals surface area contributed by atoms with Gasteiger partial charge in [-0.25, -0.2) is 4.98 Å². The molecule has 1 saturated heterocycles. The molecule has 1 aliphatic heterocycles. The van der Waals surface area contributed by atoms with Crippen molar-refractivity contribution < 1.29 is 14.0 Å². The van der Waals surface area contributed by atoms with Crippen LogP contribution in [0.15, 0.2) is 41.0 Å². The van der Waals surface area contributed by atoms with Gasteiger partial charge < -0.3 is 19.5 Å². The summed E-state index contributed by atoms with van der Waals surface area (Å²) in [6.45, 7) is 6.49. The minimum atomic E-state index is -0.332. The van der Waals surface area contributed by atoms with Crippen LogP contribution in [0.5, 0.6) is 0 Å². The van der Waals surface area contributed by atoms with Gasteiger partial charge in [-0.2, -0.15) is 0 Å². The third-order valence-electron chi connectivity index (χ3n) is 4.31. The van der Waals surface area contributed by atoms with Crippen molar-refractivity contribution in [1.29, 1.82) is 0 Å². The normalized spacial score (nSPS) is 15.2. The highest BCUT2D eigenvalue weighted by Gasteiger charge is 2.22. The van der Waals surface area contributed by atoms with Crippen LogP contribution in [0.1, 0.15) is 33.7 Å². The lowest BCUT2D eigenvalue weighted by Gasteiger charge is -2.33. The Labute approximate surface area is 146 Å². The molecule has 2 aromatic rings. The maximum Gasteiger partial charge on any atom is 0.272 e. The first-order valence-electron chi connectivity index (χ1n) is 8.46. The number of hydrogen-bond donors (Lipinski definition) is 1. The van der Waals surface area contributed by atoms with Gasteiger partial charge in [0.05, 0.1) is 12.8 Å². The molecule has 2 amide bonds. The van der Waals surface area contributed by atoms with Gasteiger partial charge in [0, 0.05) is 26.2 Å². The predicted molar refractivity (Wildman–Crippen MR) is 92.1 cm³/mol. The number of furan rings is 1. The van der Waals surface area contributed by atoms with E-state index in [2.05, 4.69) is 22.1 Å². The Hall–Kier alpha value is -2.67. The van der Waals surface area contributed by atoms with E-state index in [-0.39, 0.29) is 24.1 Å². The molecule has 0 aromatic carbocycles. The topological polar surface area (TPSA) is 78.7 Å². The average Bonchev–Trinajstić information content (AvgIpc) is 3.19. The molecule has 0 unspecified atom stereocenters. The van der Waals surface area contributed by atoms with E-state index >= 15 is 0 Å². The maximum atomic E-state index is 12.6. The highest BCUT2D eigenvalue weighted by molar-refractivity contribution is 5.96. The van der Waals surface area contributed by atoms with E-state index in [1.165, 1.54) is 0 Å². The van der Waals surface area contributed by atoms with E-state index in [0.717, 1.165) is 19.6 Å². The Morgan fingerprint density at radius 1 is 1.12 bits per heavy atom. The molecule has 0 aliphatic carbocycles. The quantitative estimate of drug-likeness (QED) is 0.888. The third-order valence-corrected chi connectivity index (χ3v) is 4.31. The Morgan fingerprint density at radius 2 is 1.88 bits per heavy atom. The average molecular weight is 342 g/mol. The van der Waals surface area contributed by atoms with Crippen molar-refractivity contribution in [2.24, 2.45) is 0 Å². The summed E-state index contributed by atoms with van der Waals surface area (Å²) >= 11 is 0. The van der Waals surface area contributed by atoms with E-state index in [9.17, 15) is 9.59 Å². The van der Waals surface area contributed by atoms with Gasteiger partial charge in [-0.1, -0.05) is 13.0 Å². The molecule has 1 fully saturated rings. The molecule has 0 radical (unpaired) electrons. The number of carbonyl (C=O) groups excluding carboxylic acids is 2. The van der Waals surface area contributed by atoms with Crippen LogP contribution in [0.2, 0.25) is 0 Å². The number of likely N-dealkylation sites (N-methyl/N-ethyl adjacent to an activating group) is 1. The molecular formula is C18H22N4O3. The van der Waals surface area contributed by atoms with Gasteiger partial charge in [-0.05, 0) is 30.8 Å². The molecule has 0 spiro atoms. The van der Waals surface area contributed by atoms with Crippen molar-refractivity contribution in [2.75, 3.05) is 32.7 Å². The van der Waals surface area contributed by atoms with E-state index in [0.29, 0.717) is 24.5 Å². The molecule has 0 bridgehead atoms. The lowest BCUT2D eigenvalue weighted by atomic mass is 10.2. The fourth-order valence-electron chi connectivity index (χ4n) is 2.78. The van der Waals surface area contributed by atoms with Crippen LogP contribution < -0.4 is 5.32 Å². The number of hydrogen-bond acceptors (Lipinski definition) is 5. The van der Waals surface area contributed by atoms with Gasteiger partial charge in [-0.3, -0.25) is 9.59 Å². The Bertz CT molecular complexity index is 722. The minimum Gasteiger partial charge on any atom is -0.467 e. The first-order valence-corrected chi connectivity index (χ1v) is 8.46. The molecule has 132 valence electrons. The van der Waals surface area contributed by atoms with Gasteiger partial charge in [0.15, 0.2) is 0 Å². The maximum absolute atomic E-state index is 12.6. The predicted octanol–water partition coefficient (Wildman–Crippen LogP) is 1.38. The molecule has 2 aromatic heterocycles. The summed E-state index contributed by atoms with van der Waals surface area (Å²) < 4.78 is 5.18. The largest absolute Gasteiger partial charge is 0.467 e. The van der Waals surface area contributed by atoms with Crippen LogP contribution >= 0.6 is 0 Å².